The zero-order chi connectivity index (χ0) is 11.5. The molecule has 2 aromatic rings. The highest BCUT2D eigenvalue weighted by Gasteiger charge is 2.08. The van der Waals surface area contributed by atoms with Crippen molar-refractivity contribution >= 4 is 5.97 Å². The minimum atomic E-state index is -1.04. The van der Waals surface area contributed by atoms with Gasteiger partial charge in [-0.3, -0.25) is 0 Å². The molecule has 2 heterocycles. The molecular weight excluding hydrogens is 210 g/mol. The van der Waals surface area contributed by atoms with Gasteiger partial charge in [0.25, 0.3) is 0 Å². The van der Waals surface area contributed by atoms with Crippen LogP contribution in [0.5, 0.6) is 0 Å². The van der Waals surface area contributed by atoms with Crippen LogP contribution in [0.2, 0.25) is 0 Å². The lowest BCUT2D eigenvalue weighted by atomic mass is 10.3. The number of carbonyl (C=O) groups is 1. The van der Waals surface area contributed by atoms with Gasteiger partial charge in [-0.1, -0.05) is 0 Å². The Bertz CT molecular complexity index is 505. The SMILES string of the molecule is NCc1cnc(-n2cc(C(=O)O)cn2)nc1. The molecule has 0 amide bonds. The van der Waals surface area contributed by atoms with E-state index in [0.29, 0.717) is 12.5 Å². The molecule has 0 unspecified atom stereocenters. The van der Waals surface area contributed by atoms with Crippen molar-refractivity contribution in [3.05, 3.63) is 35.9 Å². The molecule has 16 heavy (non-hydrogen) atoms. The van der Waals surface area contributed by atoms with Crippen LogP contribution in [-0.4, -0.2) is 30.8 Å². The molecule has 0 bridgehead atoms. The van der Waals surface area contributed by atoms with Gasteiger partial charge in [-0.2, -0.15) is 5.10 Å². The molecule has 0 saturated carbocycles. The summed E-state index contributed by atoms with van der Waals surface area (Å²) in [6.45, 7) is 0.361. The number of hydrogen-bond acceptors (Lipinski definition) is 5. The number of aromatic nitrogens is 4. The average Bonchev–Trinajstić information content (AvgIpc) is 2.78. The summed E-state index contributed by atoms with van der Waals surface area (Å²) in [7, 11) is 0. The molecule has 2 rings (SSSR count). The lowest BCUT2D eigenvalue weighted by Gasteiger charge is -1.99. The van der Waals surface area contributed by atoms with E-state index in [1.807, 2.05) is 0 Å². The molecule has 7 nitrogen and oxygen atoms in total. The molecule has 0 fully saturated rings. The molecule has 82 valence electrons. The summed E-state index contributed by atoms with van der Waals surface area (Å²) < 4.78 is 1.30. The van der Waals surface area contributed by atoms with Gasteiger partial charge in [0, 0.05) is 30.7 Å². The summed E-state index contributed by atoms with van der Waals surface area (Å²) >= 11 is 0. The Balaban J connectivity index is 2.31. The van der Waals surface area contributed by atoms with Crippen molar-refractivity contribution in [1.29, 1.82) is 0 Å². The van der Waals surface area contributed by atoms with Gasteiger partial charge in [-0.05, 0) is 0 Å². The highest BCUT2D eigenvalue weighted by atomic mass is 16.4. The Morgan fingerprint density at radius 1 is 1.38 bits per heavy atom. The van der Waals surface area contributed by atoms with E-state index in [9.17, 15) is 4.79 Å². The van der Waals surface area contributed by atoms with E-state index in [1.165, 1.54) is 17.1 Å². The largest absolute Gasteiger partial charge is 0.478 e. The number of nitrogens with zero attached hydrogens (tertiary/aromatic N) is 4. The van der Waals surface area contributed by atoms with Gasteiger partial charge < -0.3 is 10.8 Å². The third kappa shape index (κ3) is 1.89. The van der Waals surface area contributed by atoms with E-state index in [2.05, 4.69) is 15.1 Å². The maximum atomic E-state index is 10.6. The minimum absolute atomic E-state index is 0.0894. The van der Waals surface area contributed by atoms with E-state index in [-0.39, 0.29) is 5.56 Å². The number of carboxylic acids is 1. The van der Waals surface area contributed by atoms with Gasteiger partial charge in [-0.25, -0.2) is 19.4 Å². The van der Waals surface area contributed by atoms with Gasteiger partial charge in [0.1, 0.15) is 0 Å². The van der Waals surface area contributed by atoms with Crippen molar-refractivity contribution in [1.82, 2.24) is 19.7 Å². The van der Waals surface area contributed by atoms with Crippen molar-refractivity contribution in [3.63, 3.8) is 0 Å². The Kier molecular flexibility index (Phi) is 2.61. The number of carboxylic acid groups (broad SMARTS) is 1. The van der Waals surface area contributed by atoms with Crippen LogP contribution in [0.3, 0.4) is 0 Å². The first-order valence-electron chi connectivity index (χ1n) is 4.50. The number of hydrogen-bond donors (Lipinski definition) is 2. The average molecular weight is 219 g/mol. The highest BCUT2D eigenvalue weighted by molar-refractivity contribution is 5.86. The van der Waals surface area contributed by atoms with E-state index in [1.54, 1.807) is 12.4 Å². The van der Waals surface area contributed by atoms with E-state index in [4.69, 9.17) is 10.8 Å². The topological polar surface area (TPSA) is 107 Å². The standard InChI is InChI=1S/C9H9N5O2/c10-1-6-2-11-9(12-3-6)14-5-7(4-13-14)8(15)16/h2-5H,1,10H2,(H,15,16). The van der Waals surface area contributed by atoms with Crippen LogP contribution in [0.15, 0.2) is 24.8 Å². The van der Waals surface area contributed by atoms with Crippen LogP contribution in [0, 0.1) is 0 Å². The maximum Gasteiger partial charge on any atom is 0.338 e. The molecule has 0 saturated heterocycles. The van der Waals surface area contributed by atoms with Crippen LogP contribution < -0.4 is 5.73 Å². The molecule has 7 heteroatoms. The Labute approximate surface area is 90.6 Å². The fraction of sp³-hybridized carbons (Fsp3) is 0.111. The van der Waals surface area contributed by atoms with Gasteiger partial charge in [0.15, 0.2) is 0 Å². The lowest BCUT2D eigenvalue weighted by Crippen LogP contribution is -2.04. The lowest BCUT2D eigenvalue weighted by molar-refractivity contribution is 0.0697. The zero-order valence-corrected chi connectivity index (χ0v) is 8.24. The number of rotatable bonds is 3. The predicted molar refractivity (Wildman–Crippen MR) is 54.0 cm³/mol. The Morgan fingerprint density at radius 3 is 2.56 bits per heavy atom. The van der Waals surface area contributed by atoms with E-state index < -0.39 is 5.97 Å². The summed E-state index contributed by atoms with van der Waals surface area (Å²) in [6, 6.07) is 0. The second kappa shape index (κ2) is 4.07. The molecule has 0 aliphatic heterocycles. The second-order valence-electron chi connectivity index (χ2n) is 3.07. The predicted octanol–water partition coefficient (Wildman–Crippen LogP) is -0.181. The summed E-state index contributed by atoms with van der Waals surface area (Å²) in [5, 5.41) is 12.6. The monoisotopic (exact) mass is 219 g/mol. The normalized spacial score (nSPS) is 10.3. The summed E-state index contributed by atoms with van der Waals surface area (Å²) in [6.07, 6.45) is 5.73. The summed E-state index contributed by atoms with van der Waals surface area (Å²) in [4.78, 5) is 18.7. The van der Waals surface area contributed by atoms with Crippen molar-refractivity contribution in [2.24, 2.45) is 5.73 Å². The first-order valence-corrected chi connectivity index (χ1v) is 4.50. The highest BCUT2D eigenvalue weighted by Crippen LogP contribution is 2.03. The van der Waals surface area contributed by atoms with Crippen LogP contribution >= 0.6 is 0 Å². The van der Waals surface area contributed by atoms with Crippen LogP contribution in [0.1, 0.15) is 15.9 Å². The molecule has 2 aromatic heterocycles. The molecule has 3 N–H and O–H groups in total. The molecule has 0 atom stereocenters. The van der Waals surface area contributed by atoms with Gasteiger partial charge in [-0.15, -0.1) is 0 Å². The van der Waals surface area contributed by atoms with Crippen LogP contribution in [0.25, 0.3) is 5.95 Å². The quantitative estimate of drug-likeness (QED) is 0.741. The first-order chi connectivity index (χ1) is 7.70. The number of nitrogens with two attached hydrogens (primary N) is 1. The Hall–Kier alpha value is -2.28. The van der Waals surface area contributed by atoms with E-state index in [0.717, 1.165) is 5.56 Å². The summed E-state index contributed by atoms with van der Waals surface area (Å²) in [5.74, 6) is -0.727. The molecule has 0 aliphatic carbocycles. The first kappa shape index (κ1) is 10.2. The molecule has 0 aliphatic rings. The molecule has 0 radical (unpaired) electrons. The molecule has 0 spiro atoms. The van der Waals surface area contributed by atoms with E-state index >= 15 is 0 Å². The van der Waals surface area contributed by atoms with Gasteiger partial charge >= 0.3 is 5.97 Å². The molecule has 0 aromatic carbocycles. The smallest absolute Gasteiger partial charge is 0.338 e. The summed E-state index contributed by atoms with van der Waals surface area (Å²) in [5.41, 5.74) is 6.29. The van der Waals surface area contributed by atoms with Crippen molar-refractivity contribution in [2.75, 3.05) is 0 Å². The van der Waals surface area contributed by atoms with Gasteiger partial charge in [0.2, 0.25) is 5.95 Å². The fourth-order valence-electron chi connectivity index (χ4n) is 1.11. The third-order valence-corrected chi connectivity index (χ3v) is 1.96. The Morgan fingerprint density at radius 2 is 2.06 bits per heavy atom. The van der Waals surface area contributed by atoms with Crippen LogP contribution in [-0.2, 0) is 6.54 Å². The van der Waals surface area contributed by atoms with Crippen LogP contribution in [0.4, 0.5) is 0 Å². The minimum Gasteiger partial charge on any atom is -0.478 e. The molecular formula is C9H9N5O2. The van der Waals surface area contributed by atoms with Crippen molar-refractivity contribution in [2.45, 2.75) is 6.54 Å². The third-order valence-electron chi connectivity index (χ3n) is 1.96. The maximum absolute atomic E-state index is 10.6. The van der Waals surface area contributed by atoms with Crippen molar-refractivity contribution in [3.8, 4) is 5.95 Å². The number of aromatic carboxylic acids is 1. The van der Waals surface area contributed by atoms with Gasteiger partial charge in [0.05, 0.1) is 11.8 Å². The zero-order valence-electron chi connectivity index (χ0n) is 8.24. The second-order valence-corrected chi connectivity index (χ2v) is 3.07. The fourth-order valence-corrected chi connectivity index (χ4v) is 1.11. The van der Waals surface area contributed by atoms with Crippen molar-refractivity contribution < 1.29 is 9.90 Å².